The van der Waals surface area contributed by atoms with Crippen molar-refractivity contribution in [1.82, 2.24) is 9.80 Å². The van der Waals surface area contributed by atoms with E-state index in [4.69, 9.17) is 9.47 Å². The van der Waals surface area contributed by atoms with Crippen molar-refractivity contribution < 1.29 is 23.9 Å². The lowest BCUT2D eigenvalue weighted by Crippen LogP contribution is -2.50. The van der Waals surface area contributed by atoms with Crippen LogP contribution >= 0.6 is 0 Å². The van der Waals surface area contributed by atoms with E-state index in [0.29, 0.717) is 6.42 Å². The number of ether oxygens (including phenoxy) is 2. The minimum atomic E-state index is -0.613. The first-order chi connectivity index (χ1) is 13.0. The number of likely N-dealkylation sites (tertiary alicyclic amines) is 1. The summed E-state index contributed by atoms with van der Waals surface area (Å²) in [6.45, 7) is 3.99. The van der Waals surface area contributed by atoms with E-state index >= 15 is 0 Å². The topological polar surface area (TPSA) is 76.2 Å². The monoisotopic (exact) mass is 376 g/mol. The second kappa shape index (κ2) is 9.94. The fraction of sp³-hybridized carbons (Fsp3) is 0.550. The molecule has 1 heterocycles. The Hall–Kier alpha value is -2.57. The number of likely N-dealkylation sites (N-methyl/N-ethyl adjacent to an activating group) is 1. The molecule has 1 aliphatic rings. The smallest absolute Gasteiger partial charge is 0.411 e. The molecule has 1 aromatic rings. The molecule has 1 aliphatic heterocycles. The summed E-state index contributed by atoms with van der Waals surface area (Å²) in [5.74, 6) is -0.729. The zero-order valence-corrected chi connectivity index (χ0v) is 16.2. The minimum Gasteiger partial charge on any atom is -0.465 e. The van der Waals surface area contributed by atoms with Crippen LogP contribution in [0.5, 0.6) is 0 Å². The minimum absolute atomic E-state index is 0.0433. The number of esters is 1. The zero-order chi connectivity index (χ0) is 19.8. The van der Waals surface area contributed by atoms with Crippen LogP contribution in [-0.4, -0.2) is 60.1 Å². The van der Waals surface area contributed by atoms with Gasteiger partial charge in [-0.3, -0.25) is 14.5 Å². The molecule has 2 amide bonds. The molecule has 0 saturated carbocycles. The van der Waals surface area contributed by atoms with Gasteiger partial charge in [-0.05, 0) is 31.7 Å². The second-order valence-electron chi connectivity index (χ2n) is 6.60. The van der Waals surface area contributed by atoms with Crippen LogP contribution in [0.4, 0.5) is 4.79 Å². The van der Waals surface area contributed by atoms with E-state index in [1.54, 1.807) is 14.0 Å². The summed E-state index contributed by atoms with van der Waals surface area (Å²) in [6, 6.07) is 8.76. The Kier molecular flexibility index (Phi) is 7.64. The van der Waals surface area contributed by atoms with Crippen molar-refractivity contribution in [3.05, 3.63) is 35.9 Å². The maximum atomic E-state index is 12.8. The molecular weight excluding hydrogens is 348 g/mol. The van der Waals surface area contributed by atoms with Gasteiger partial charge in [-0.1, -0.05) is 37.3 Å². The zero-order valence-electron chi connectivity index (χ0n) is 16.2. The van der Waals surface area contributed by atoms with Crippen LogP contribution in [0.1, 0.15) is 38.7 Å². The van der Waals surface area contributed by atoms with Crippen LogP contribution in [0.15, 0.2) is 30.3 Å². The summed E-state index contributed by atoms with van der Waals surface area (Å²) in [5.41, 5.74) is 0.889. The Balaban J connectivity index is 2.02. The summed E-state index contributed by atoms with van der Waals surface area (Å²) in [7, 11) is 1.55. The molecule has 7 nitrogen and oxygen atoms in total. The predicted octanol–water partition coefficient (Wildman–Crippen LogP) is 2.59. The van der Waals surface area contributed by atoms with E-state index in [9.17, 15) is 14.4 Å². The molecular formula is C20H28N2O5. The molecule has 0 aliphatic carbocycles. The Morgan fingerprint density at radius 2 is 1.81 bits per heavy atom. The van der Waals surface area contributed by atoms with Gasteiger partial charge in [-0.15, -0.1) is 0 Å². The van der Waals surface area contributed by atoms with Crippen LogP contribution in [0.2, 0.25) is 0 Å². The van der Waals surface area contributed by atoms with E-state index in [1.165, 1.54) is 9.80 Å². The molecule has 0 aromatic heterocycles. The summed E-state index contributed by atoms with van der Waals surface area (Å²) in [4.78, 5) is 40.0. The van der Waals surface area contributed by atoms with Gasteiger partial charge in [0.25, 0.3) is 0 Å². The summed E-state index contributed by atoms with van der Waals surface area (Å²) >= 11 is 0. The van der Waals surface area contributed by atoms with Crippen LogP contribution in [-0.2, 0) is 25.7 Å². The first-order valence-electron chi connectivity index (χ1n) is 9.37. The highest BCUT2D eigenvalue weighted by Gasteiger charge is 2.42. The molecule has 7 heteroatoms. The van der Waals surface area contributed by atoms with Gasteiger partial charge in [0.2, 0.25) is 5.91 Å². The first-order valence-corrected chi connectivity index (χ1v) is 9.37. The maximum Gasteiger partial charge on any atom is 0.411 e. The fourth-order valence-corrected chi connectivity index (χ4v) is 3.33. The number of nitrogens with zero attached hydrogens (tertiary/aromatic N) is 2. The average molecular weight is 376 g/mol. The van der Waals surface area contributed by atoms with E-state index in [1.807, 2.05) is 37.3 Å². The fourth-order valence-electron chi connectivity index (χ4n) is 3.33. The number of rotatable bonds is 7. The molecule has 2 rings (SSSR count). The number of benzene rings is 1. The molecule has 148 valence electrons. The Morgan fingerprint density at radius 1 is 1.11 bits per heavy atom. The molecule has 2 atom stereocenters. The van der Waals surface area contributed by atoms with Gasteiger partial charge in [0, 0.05) is 13.1 Å². The van der Waals surface area contributed by atoms with Crippen LogP contribution in [0.3, 0.4) is 0 Å². The first kappa shape index (κ1) is 20.7. The quantitative estimate of drug-likeness (QED) is 0.684. The van der Waals surface area contributed by atoms with Crippen LogP contribution in [0.25, 0.3) is 0 Å². The standard InChI is InChI=1S/C20H28N2O5/c1-4-16-11-12-17(19(24)21(3)13-18(23)26-5-2)22(16)20(25)27-14-15-9-7-6-8-10-15/h6-10,16-17H,4-5,11-14H2,1-3H3/t16?,17-/m0/s1. The second-order valence-corrected chi connectivity index (χ2v) is 6.60. The van der Waals surface area contributed by atoms with Crippen LogP contribution in [0, 0.1) is 0 Å². The highest BCUT2D eigenvalue weighted by Crippen LogP contribution is 2.28. The summed E-state index contributed by atoms with van der Waals surface area (Å²) in [5, 5.41) is 0. The van der Waals surface area contributed by atoms with Gasteiger partial charge < -0.3 is 14.4 Å². The number of hydrogen-bond donors (Lipinski definition) is 0. The molecule has 1 aromatic carbocycles. The number of amides is 2. The summed E-state index contributed by atoms with van der Waals surface area (Å²) < 4.78 is 10.3. The number of hydrogen-bond acceptors (Lipinski definition) is 5. The molecule has 0 spiro atoms. The maximum absolute atomic E-state index is 12.8. The van der Waals surface area contributed by atoms with Gasteiger partial charge in [-0.2, -0.15) is 0 Å². The van der Waals surface area contributed by atoms with E-state index in [-0.39, 0.29) is 31.7 Å². The number of carbonyl (C=O) groups is 3. The molecule has 1 fully saturated rings. The van der Waals surface area contributed by atoms with Gasteiger partial charge >= 0.3 is 12.1 Å². The predicted molar refractivity (Wildman–Crippen MR) is 99.8 cm³/mol. The van der Waals surface area contributed by atoms with Crippen molar-refractivity contribution in [2.75, 3.05) is 20.2 Å². The molecule has 0 radical (unpaired) electrons. The van der Waals surface area contributed by atoms with Gasteiger partial charge in [-0.25, -0.2) is 4.79 Å². The van der Waals surface area contributed by atoms with Gasteiger partial charge in [0.05, 0.1) is 6.61 Å². The van der Waals surface area contributed by atoms with Crippen molar-refractivity contribution in [3.8, 4) is 0 Å². The Labute approximate surface area is 160 Å². The van der Waals surface area contributed by atoms with Crippen molar-refractivity contribution in [3.63, 3.8) is 0 Å². The molecule has 1 unspecified atom stereocenters. The Bertz CT molecular complexity index is 649. The highest BCUT2D eigenvalue weighted by molar-refractivity contribution is 5.88. The van der Waals surface area contributed by atoms with Gasteiger partial charge in [0.15, 0.2) is 0 Å². The third-order valence-electron chi connectivity index (χ3n) is 4.72. The van der Waals surface area contributed by atoms with Crippen LogP contribution < -0.4 is 0 Å². The van der Waals surface area contributed by atoms with Gasteiger partial charge in [0.1, 0.15) is 19.2 Å². The third-order valence-corrected chi connectivity index (χ3v) is 4.72. The van der Waals surface area contributed by atoms with Crippen molar-refractivity contribution >= 4 is 18.0 Å². The summed E-state index contributed by atoms with van der Waals surface area (Å²) in [6.07, 6.45) is 1.54. The molecule has 1 saturated heterocycles. The third kappa shape index (κ3) is 5.45. The van der Waals surface area contributed by atoms with Crippen molar-refractivity contribution in [1.29, 1.82) is 0 Å². The van der Waals surface area contributed by atoms with E-state index in [0.717, 1.165) is 18.4 Å². The Morgan fingerprint density at radius 3 is 2.44 bits per heavy atom. The molecule has 0 bridgehead atoms. The van der Waals surface area contributed by atoms with E-state index in [2.05, 4.69) is 0 Å². The normalized spacial score (nSPS) is 18.9. The molecule has 27 heavy (non-hydrogen) atoms. The van der Waals surface area contributed by atoms with E-state index < -0.39 is 18.1 Å². The SMILES string of the molecule is CCOC(=O)CN(C)C(=O)[C@@H]1CCC(CC)N1C(=O)OCc1ccccc1. The largest absolute Gasteiger partial charge is 0.465 e. The lowest BCUT2D eigenvalue weighted by molar-refractivity contribution is -0.149. The number of carbonyl (C=O) groups excluding carboxylic acids is 3. The lowest BCUT2D eigenvalue weighted by Gasteiger charge is -2.30. The average Bonchev–Trinajstić information content (AvgIpc) is 3.10. The van der Waals surface area contributed by atoms with Crippen molar-refractivity contribution in [2.45, 2.75) is 51.8 Å². The van der Waals surface area contributed by atoms with Crippen molar-refractivity contribution in [2.24, 2.45) is 0 Å². The lowest BCUT2D eigenvalue weighted by atomic mass is 10.1. The highest BCUT2D eigenvalue weighted by atomic mass is 16.6. The molecule has 0 N–H and O–H groups in total.